The van der Waals surface area contributed by atoms with E-state index in [1.165, 1.54) is 25.3 Å². The molecule has 4 saturated heterocycles. The number of hydrogen-bond donors (Lipinski definition) is 2. The summed E-state index contributed by atoms with van der Waals surface area (Å²) in [5, 5.41) is 15.6. The number of aromatic nitrogens is 3. The Morgan fingerprint density at radius 3 is 2.63 bits per heavy atom. The average molecular weight is 635 g/mol. The number of nitrogens with zero attached hydrogens (tertiary/aromatic N) is 5. The summed E-state index contributed by atoms with van der Waals surface area (Å²) in [6.45, 7) is 4.53. The fourth-order valence-electron chi connectivity index (χ4n) is 8.37. The van der Waals surface area contributed by atoms with Gasteiger partial charge in [-0.3, -0.25) is 4.90 Å². The van der Waals surface area contributed by atoms with E-state index in [4.69, 9.17) is 14.5 Å². The van der Waals surface area contributed by atoms with Gasteiger partial charge in [0.15, 0.2) is 5.82 Å². The maximum atomic E-state index is 17.0. The molecule has 2 bridgehead atoms. The number of phenols is 1. The molecule has 0 unspecified atom stereocenters. The van der Waals surface area contributed by atoms with Crippen LogP contribution in [0.15, 0.2) is 24.3 Å². The second kappa shape index (κ2) is 11.1. The van der Waals surface area contributed by atoms with E-state index in [0.717, 1.165) is 32.2 Å². The van der Waals surface area contributed by atoms with E-state index >= 15 is 8.78 Å². The number of phenolic OH excluding ortho intramolecular Hbond substituents is 1. The molecular weight excluding hydrogens is 597 g/mol. The quantitative estimate of drug-likeness (QED) is 0.281. The van der Waals surface area contributed by atoms with Crippen molar-refractivity contribution in [3.8, 4) is 28.9 Å². The Morgan fingerprint density at radius 1 is 1.07 bits per heavy atom. The van der Waals surface area contributed by atoms with Crippen molar-refractivity contribution in [1.82, 2.24) is 25.2 Å². The molecule has 0 saturated carbocycles. The molecule has 46 heavy (non-hydrogen) atoms. The van der Waals surface area contributed by atoms with Crippen molar-refractivity contribution in [2.75, 3.05) is 44.8 Å². The van der Waals surface area contributed by atoms with Crippen LogP contribution in [0.1, 0.15) is 44.6 Å². The molecule has 2 aromatic heterocycles. The molecular formula is C34H37F3N6O3. The number of piperazine rings is 1. The largest absolute Gasteiger partial charge is 0.508 e. The number of aromatic hydroxyl groups is 1. The molecule has 0 radical (unpaired) electrons. The summed E-state index contributed by atoms with van der Waals surface area (Å²) in [7, 11) is 1.46. The second-order valence-corrected chi connectivity index (χ2v) is 13.2. The number of alkyl halides is 1. The van der Waals surface area contributed by atoms with Gasteiger partial charge in [0.25, 0.3) is 0 Å². The smallest absolute Gasteiger partial charge is 0.319 e. The Bertz CT molecular complexity index is 1850. The van der Waals surface area contributed by atoms with Gasteiger partial charge in [0.2, 0.25) is 5.88 Å². The van der Waals surface area contributed by atoms with Crippen LogP contribution in [-0.4, -0.2) is 88.6 Å². The van der Waals surface area contributed by atoms with Crippen LogP contribution in [0.5, 0.6) is 17.6 Å². The first-order valence-corrected chi connectivity index (χ1v) is 16.2. The molecule has 4 aliphatic rings. The molecule has 4 aliphatic heterocycles. The van der Waals surface area contributed by atoms with Gasteiger partial charge in [-0.25, -0.2) is 18.2 Å². The van der Waals surface area contributed by atoms with E-state index in [9.17, 15) is 9.50 Å². The monoisotopic (exact) mass is 634 g/mol. The number of aryl methyl sites for hydroxylation is 1. The van der Waals surface area contributed by atoms with Gasteiger partial charge in [0, 0.05) is 43.7 Å². The zero-order valence-corrected chi connectivity index (χ0v) is 26.0. The maximum Gasteiger partial charge on any atom is 0.319 e. The zero-order valence-electron chi connectivity index (χ0n) is 26.0. The zero-order chi connectivity index (χ0) is 31.7. The summed E-state index contributed by atoms with van der Waals surface area (Å²) in [4.78, 5) is 18.4. The van der Waals surface area contributed by atoms with Gasteiger partial charge < -0.3 is 24.8 Å². The third kappa shape index (κ3) is 4.71. The third-order valence-electron chi connectivity index (χ3n) is 10.4. The lowest BCUT2D eigenvalue weighted by molar-refractivity contribution is 0.107. The summed E-state index contributed by atoms with van der Waals surface area (Å²) in [6.07, 6.45) is 3.65. The van der Waals surface area contributed by atoms with Crippen LogP contribution in [0, 0.1) is 11.6 Å². The molecule has 2 N–H and O–H groups in total. The average Bonchev–Trinajstić information content (AvgIpc) is 3.70. The number of ether oxygens (including phenoxy) is 2. The molecule has 12 heteroatoms. The molecule has 4 fully saturated rings. The normalized spacial score (nSPS) is 25.9. The van der Waals surface area contributed by atoms with Gasteiger partial charge in [-0.05, 0) is 73.2 Å². The molecule has 2 aromatic carbocycles. The molecule has 242 valence electrons. The number of halogens is 3. The summed E-state index contributed by atoms with van der Waals surface area (Å²) in [6, 6.07) is 6.36. The minimum atomic E-state index is -0.918. The van der Waals surface area contributed by atoms with Gasteiger partial charge in [-0.2, -0.15) is 9.97 Å². The number of rotatable bonds is 7. The van der Waals surface area contributed by atoms with Crippen LogP contribution in [0.25, 0.3) is 32.9 Å². The Hall–Kier alpha value is -3.90. The number of anilines is 1. The van der Waals surface area contributed by atoms with E-state index in [1.807, 2.05) is 6.92 Å². The minimum absolute atomic E-state index is 0.00363. The van der Waals surface area contributed by atoms with Crippen LogP contribution in [-0.2, 0) is 6.42 Å². The topological polar surface area (TPSA) is 95.9 Å². The standard InChI is InChI=1S/C34H37F3N6O3/c1-3-23-25(36)8-5-18-11-22(44)12-24(26(18)23)29-28(37)30-27(32(39-29)45-2)31(42-15-20-6-7-21(16-42)38-20)41-33(40-30)46-17-34-9-4-10-43(34)14-19(35)13-34/h5,8,11-12,19-21,38,44H,3-4,6-7,9-10,13-17H2,1-2H3/t19-,20-,21+,34+/m1/s1. The number of fused-ring (bicyclic) bond motifs is 5. The van der Waals surface area contributed by atoms with Crippen molar-refractivity contribution < 1.29 is 27.8 Å². The molecule has 9 nitrogen and oxygen atoms in total. The SMILES string of the molecule is CCc1c(F)ccc2cc(O)cc(-c3nc(OC)c4c(N5C[C@H]6CC[C@@H](C5)N6)nc(OC[C@@]56CCCN5C[C@H](F)C6)nc4c3F)c12. The Labute approximate surface area is 264 Å². The highest BCUT2D eigenvalue weighted by Gasteiger charge is 2.49. The molecule has 0 amide bonds. The van der Waals surface area contributed by atoms with Crippen molar-refractivity contribution in [1.29, 1.82) is 0 Å². The lowest BCUT2D eigenvalue weighted by atomic mass is 9.94. The molecule has 0 spiro atoms. The van der Waals surface area contributed by atoms with Gasteiger partial charge >= 0.3 is 6.01 Å². The third-order valence-corrected chi connectivity index (χ3v) is 10.4. The predicted octanol–water partition coefficient (Wildman–Crippen LogP) is 5.30. The first kappa shape index (κ1) is 29.5. The van der Waals surface area contributed by atoms with Gasteiger partial charge in [0.1, 0.15) is 46.8 Å². The van der Waals surface area contributed by atoms with Crippen LogP contribution >= 0.6 is 0 Å². The highest BCUT2D eigenvalue weighted by molar-refractivity contribution is 6.03. The number of benzene rings is 2. The van der Waals surface area contributed by atoms with Crippen molar-refractivity contribution in [2.45, 2.75) is 69.2 Å². The fraction of sp³-hybridized carbons (Fsp3) is 0.500. The number of methoxy groups -OCH3 is 1. The van der Waals surface area contributed by atoms with E-state index in [1.54, 1.807) is 6.07 Å². The van der Waals surface area contributed by atoms with Crippen molar-refractivity contribution in [3.05, 3.63) is 41.5 Å². The summed E-state index contributed by atoms with van der Waals surface area (Å²) in [5.41, 5.74) is 0.00608. The van der Waals surface area contributed by atoms with Crippen molar-refractivity contribution in [2.24, 2.45) is 0 Å². The highest BCUT2D eigenvalue weighted by atomic mass is 19.1. The molecule has 4 aromatic rings. The highest BCUT2D eigenvalue weighted by Crippen LogP contribution is 2.44. The molecule has 4 atom stereocenters. The van der Waals surface area contributed by atoms with Crippen LogP contribution in [0.2, 0.25) is 0 Å². The summed E-state index contributed by atoms with van der Waals surface area (Å²) >= 11 is 0. The first-order chi connectivity index (χ1) is 22.3. The van der Waals surface area contributed by atoms with Gasteiger partial charge in [-0.15, -0.1) is 0 Å². The van der Waals surface area contributed by atoms with Crippen LogP contribution < -0.4 is 19.7 Å². The van der Waals surface area contributed by atoms with Crippen LogP contribution in [0.3, 0.4) is 0 Å². The van der Waals surface area contributed by atoms with E-state index in [-0.39, 0.29) is 53.1 Å². The molecule has 8 rings (SSSR count). The van der Waals surface area contributed by atoms with E-state index < -0.39 is 23.3 Å². The fourth-order valence-corrected chi connectivity index (χ4v) is 8.37. The Morgan fingerprint density at radius 2 is 1.87 bits per heavy atom. The molecule has 6 heterocycles. The summed E-state index contributed by atoms with van der Waals surface area (Å²) in [5.74, 6) is -0.716. The van der Waals surface area contributed by atoms with Gasteiger partial charge in [0.05, 0.1) is 12.6 Å². The van der Waals surface area contributed by atoms with Crippen molar-refractivity contribution >= 4 is 27.5 Å². The first-order valence-electron chi connectivity index (χ1n) is 16.2. The predicted molar refractivity (Wildman–Crippen MR) is 168 cm³/mol. The van der Waals surface area contributed by atoms with E-state index in [2.05, 4.69) is 25.1 Å². The number of pyridine rings is 1. The van der Waals surface area contributed by atoms with Crippen molar-refractivity contribution in [3.63, 3.8) is 0 Å². The Balaban J connectivity index is 1.32. The lowest BCUT2D eigenvalue weighted by Gasteiger charge is -2.34. The minimum Gasteiger partial charge on any atom is -0.508 e. The number of hydrogen-bond acceptors (Lipinski definition) is 9. The van der Waals surface area contributed by atoms with E-state index in [0.29, 0.717) is 60.0 Å². The lowest BCUT2D eigenvalue weighted by Crippen LogP contribution is -2.51. The number of nitrogens with one attached hydrogen (secondary N) is 1. The van der Waals surface area contributed by atoms with Gasteiger partial charge in [-0.1, -0.05) is 13.0 Å². The summed E-state index contributed by atoms with van der Waals surface area (Å²) < 4.78 is 58.7. The molecule has 0 aliphatic carbocycles. The Kier molecular flexibility index (Phi) is 7.13. The second-order valence-electron chi connectivity index (χ2n) is 13.2. The maximum absolute atomic E-state index is 17.0. The van der Waals surface area contributed by atoms with Crippen LogP contribution in [0.4, 0.5) is 19.0 Å².